The van der Waals surface area contributed by atoms with Crippen molar-refractivity contribution in [2.75, 3.05) is 0 Å². The monoisotopic (exact) mass is 431 g/mol. The lowest BCUT2D eigenvalue weighted by molar-refractivity contribution is -0.138. The maximum Gasteiger partial charge on any atom is 0.333 e. The van der Waals surface area contributed by atoms with Crippen molar-refractivity contribution in [2.45, 2.75) is 123 Å². The van der Waals surface area contributed by atoms with E-state index in [2.05, 4.69) is 12.2 Å². The van der Waals surface area contributed by atoms with Crippen LogP contribution in [0.5, 0.6) is 5.75 Å². The van der Waals surface area contributed by atoms with Gasteiger partial charge in [-0.1, -0.05) is 115 Å². The molecule has 4 nitrogen and oxygen atoms in total. The molecule has 1 aromatic rings. The first-order valence-corrected chi connectivity index (χ1v) is 12.7. The molecule has 0 aliphatic rings. The number of amides is 1. The van der Waals surface area contributed by atoms with E-state index in [1.54, 1.807) is 19.1 Å². The highest BCUT2D eigenvalue weighted by molar-refractivity contribution is 5.85. The molecule has 0 radical (unpaired) electrons. The molecule has 0 aliphatic carbocycles. The Hall–Kier alpha value is -1.84. The highest BCUT2D eigenvalue weighted by Gasteiger charge is 2.17. The fourth-order valence-corrected chi connectivity index (χ4v) is 3.72. The molecule has 1 rings (SSSR count). The van der Waals surface area contributed by atoms with Crippen LogP contribution in [0.1, 0.15) is 117 Å². The van der Waals surface area contributed by atoms with Gasteiger partial charge in [0.25, 0.3) is 0 Å². The van der Waals surface area contributed by atoms with Gasteiger partial charge in [0.15, 0.2) is 0 Å². The van der Waals surface area contributed by atoms with Crippen LogP contribution in [0, 0.1) is 0 Å². The lowest BCUT2D eigenvalue weighted by Gasteiger charge is -2.13. The molecular formula is C27H45NO3. The average molecular weight is 432 g/mol. The van der Waals surface area contributed by atoms with E-state index in [9.17, 15) is 9.59 Å². The van der Waals surface area contributed by atoms with Crippen LogP contribution in [-0.4, -0.2) is 17.9 Å². The molecule has 0 saturated heterocycles. The fraction of sp³-hybridized carbons (Fsp3) is 0.704. The largest absolute Gasteiger partial charge is 0.425 e. The van der Waals surface area contributed by atoms with Crippen molar-refractivity contribution < 1.29 is 14.3 Å². The number of esters is 1. The molecule has 0 unspecified atom stereocenters. The van der Waals surface area contributed by atoms with Gasteiger partial charge in [0.1, 0.15) is 11.8 Å². The number of unbranched alkanes of at least 4 members (excludes halogenated alkanes) is 14. The molecule has 1 atom stereocenters. The summed E-state index contributed by atoms with van der Waals surface area (Å²) < 4.78 is 5.25. The van der Waals surface area contributed by atoms with Gasteiger partial charge in [-0.3, -0.25) is 4.79 Å². The first kappa shape index (κ1) is 27.2. The summed E-state index contributed by atoms with van der Waals surface area (Å²) in [4.78, 5) is 24.0. The van der Waals surface area contributed by atoms with E-state index in [-0.39, 0.29) is 5.91 Å². The second-order valence-electron chi connectivity index (χ2n) is 8.72. The van der Waals surface area contributed by atoms with Crippen LogP contribution in [0.4, 0.5) is 0 Å². The van der Waals surface area contributed by atoms with Crippen molar-refractivity contribution >= 4 is 11.9 Å². The summed E-state index contributed by atoms with van der Waals surface area (Å²) in [5.41, 5.74) is 0. The molecule has 0 spiro atoms. The summed E-state index contributed by atoms with van der Waals surface area (Å²) in [6, 6.07) is 8.29. The van der Waals surface area contributed by atoms with Gasteiger partial charge in [-0.2, -0.15) is 0 Å². The van der Waals surface area contributed by atoms with Crippen LogP contribution < -0.4 is 10.1 Å². The van der Waals surface area contributed by atoms with E-state index in [0.717, 1.165) is 12.8 Å². The number of rotatable bonds is 19. The summed E-state index contributed by atoms with van der Waals surface area (Å²) in [6.07, 6.45) is 20.1. The minimum absolute atomic E-state index is 0.0767. The van der Waals surface area contributed by atoms with Gasteiger partial charge in [0.05, 0.1) is 0 Å². The number of benzene rings is 1. The molecule has 176 valence electrons. The van der Waals surface area contributed by atoms with Crippen LogP contribution in [0.3, 0.4) is 0 Å². The number of hydrogen-bond donors (Lipinski definition) is 1. The molecule has 0 heterocycles. The number of hydrogen-bond acceptors (Lipinski definition) is 3. The smallest absolute Gasteiger partial charge is 0.333 e. The molecule has 0 aromatic heterocycles. The predicted molar refractivity (Wildman–Crippen MR) is 129 cm³/mol. The second kappa shape index (κ2) is 18.9. The highest BCUT2D eigenvalue weighted by atomic mass is 16.5. The number of nitrogens with one attached hydrogen (secondary N) is 1. The third-order valence-corrected chi connectivity index (χ3v) is 5.70. The van der Waals surface area contributed by atoms with Crippen LogP contribution in [0.2, 0.25) is 0 Å². The molecule has 0 bridgehead atoms. The molecule has 1 aromatic carbocycles. The van der Waals surface area contributed by atoms with Gasteiger partial charge in [0.2, 0.25) is 5.91 Å². The molecule has 1 N–H and O–H groups in total. The van der Waals surface area contributed by atoms with Crippen molar-refractivity contribution in [3.8, 4) is 5.75 Å². The number of carbonyl (C=O) groups excluding carboxylic acids is 2. The first-order chi connectivity index (χ1) is 15.1. The normalized spacial score (nSPS) is 11.8. The highest BCUT2D eigenvalue weighted by Crippen LogP contribution is 2.14. The zero-order valence-electron chi connectivity index (χ0n) is 20.0. The Morgan fingerprint density at radius 3 is 1.68 bits per heavy atom. The van der Waals surface area contributed by atoms with Gasteiger partial charge < -0.3 is 10.1 Å². The fourth-order valence-electron chi connectivity index (χ4n) is 3.72. The molecule has 4 heteroatoms. The summed E-state index contributed by atoms with van der Waals surface area (Å²) in [6.45, 7) is 3.93. The lowest BCUT2D eigenvalue weighted by Crippen LogP contribution is -2.40. The van der Waals surface area contributed by atoms with E-state index < -0.39 is 12.0 Å². The second-order valence-corrected chi connectivity index (χ2v) is 8.72. The van der Waals surface area contributed by atoms with Crippen LogP contribution in [-0.2, 0) is 9.59 Å². The Kier molecular flexibility index (Phi) is 16.6. The minimum atomic E-state index is -0.635. The minimum Gasteiger partial charge on any atom is -0.425 e. The van der Waals surface area contributed by atoms with Crippen LogP contribution >= 0.6 is 0 Å². The van der Waals surface area contributed by atoms with Gasteiger partial charge >= 0.3 is 5.97 Å². The number of carbonyl (C=O) groups is 2. The summed E-state index contributed by atoms with van der Waals surface area (Å²) in [7, 11) is 0. The Bertz CT molecular complexity index is 573. The Morgan fingerprint density at radius 1 is 0.742 bits per heavy atom. The van der Waals surface area contributed by atoms with Gasteiger partial charge in [-0.05, 0) is 25.5 Å². The zero-order chi connectivity index (χ0) is 22.6. The van der Waals surface area contributed by atoms with E-state index in [4.69, 9.17) is 4.74 Å². The molecule has 0 saturated carbocycles. The first-order valence-electron chi connectivity index (χ1n) is 12.7. The van der Waals surface area contributed by atoms with Crippen molar-refractivity contribution in [3.63, 3.8) is 0 Å². The van der Waals surface area contributed by atoms with Crippen molar-refractivity contribution in [1.82, 2.24) is 5.32 Å². The number of para-hydroxylation sites is 1. The maximum absolute atomic E-state index is 12.0. The summed E-state index contributed by atoms with van der Waals surface area (Å²) in [5, 5.41) is 2.74. The van der Waals surface area contributed by atoms with Crippen molar-refractivity contribution in [1.29, 1.82) is 0 Å². The van der Waals surface area contributed by atoms with Gasteiger partial charge in [-0.15, -0.1) is 0 Å². The molecule has 31 heavy (non-hydrogen) atoms. The topological polar surface area (TPSA) is 55.4 Å². The quantitative estimate of drug-likeness (QED) is 0.141. The van der Waals surface area contributed by atoms with Crippen LogP contribution in [0.15, 0.2) is 30.3 Å². The molecule has 1 amide bonds. The van der Waals surface area contributed by atoms with Gasteiger partial charge in [-0.25, -0.2) is 4.79 Å². The summed E-state index contributed by atoms with van der Waals surface area (Å²) in [5.74, 6) is -0.0146. The third kappa shape index (κ3) is 15.6. The number of ether oxygens (including phenoxy) is 1. The maximum atomic E-state index is 12.0. The van der Waals surface area contributed by atoms with Gasteiger partial charge in [0, 0.05) is 6.42 Å². The molecular weight excluding hydrogens is 386 g/mol. The van der Waals surface area contributed by atoms with E-state index in [1.807, 2.05) is 18.2 Å². The zero-order valence-corrected chi connectivity index (χ0v) is 20.0. The van der Waals surface area contributed by atoms with E-state index in [1.165, 1.54) is 83.5 Å². The van der Waals surface area contributed by atoms with E-state index in [0.29, 0.717) is 12.2 Å². The standard InChI is InChI=1S/C27H45NO3/c1-3-4-5-6-7-8-9-10-11-12-13-14-15-16-20-23-26(29)28-24(2)27(30)31-25-21-18-17-19-22-25/h17-19,21-22,24H,3-16,20,23H2,1-2H3,(H,28,29)/t24-/m0/s1. The third-order valence-electron chi connectivity index (χ3n) is 5.70. The van der Waals surface area contributed by atoms with Crippen molar-refractivity contribution in [2.24, 2.45) is 0 Å². The molecule has 0 aliphatic heterocycles. The van der Waals surface area contributed by atoms with Crippen molar-refractivity contribution in [3.05, 3.63) is 30.3 Å². The molecule has 0 fully saturated rings. The SMILES string of the molecule is CCCCCCCCCCCCCCCCCC(=O)N[C@@H](C)C(=O)Oc1ccccc1. The Balaban J connectivity index is 1.89. The van der Waals surface area contributed by atoms with Crippen LogP contribution in [0.25, 0.3) is 0 Å². The Morgan fingerprint density at radius 2 is 1.19 bits per heavy atom. The predicted octanol–water partition coefficient (Wildman–Crippen LogP) is 7.36. The van der Waals surface area contributed by atoms with E-state index >= 15 is 0 Å². The average Bonchev–Trinajstić information content (AvgIpc) is 2.77. The lowest BCUT2D eigenvalue weighted by atomic mass is 10.0. The summed E-state index contributed by atoms with van der Waals surface area (Å²) >= 11 is 0. The Labute approximate surface area is 190 Å².